The highest BCUT2D eigenvalue weighted by atomic mass is 15.1. The van der Waals surface area contributed by atoms with E-state index in [2.05, 4.69) is 39.6 Å². The number of rotatable bonds is 4. The number of nitriles is 1. The smallest absolute Gasteiger partial charge is 0.0992 e. The highest BCUT2D eigenvalue weighted by molar-refractivity contribution is 5.49. The van der Waals surface area contributed by atoms with Crippen LogP contribution in [0, 0.1) is 16.7 Å². The van der Waals surface area contributed by atoms with Crippen LogP contribution in [0.25, 0.3) is 0 Å². The maximum absolute atomic E-state index is 9.05. The van der Waals surface area contributed by atoms with Gasteiger partial charge in [-0.25, -0.2) is 0 Å². The van der Waals surface area contributed by atoms with E-state index >= 15 is 0 Å². The zero-order valence-electron chi connectivity index (χ0n) is 15.4. The molecule has 4 rings (SSSR count). The zero-order chi connectivity index (χ0) is 17.8. The highest BCUT2D eigenvalue weighted by Gasteiger charge is 2.37. The molecule has 0 radical (unpaired) electrons. The van der Waals surface area contributed by atoms with Crippen molar-refractivity contribution >= 4 is 5.69 Å². The van der Waals surface area contributed by atoms with Gasteiger partial charge in [0.25, 0.3) is 0 Å². The Hall–Kier alpha value is -2.25. The lowest BCUT2D eigenvalue weighted by molar-refractivity contribution is 0.0612. The topological polar surface area (TPSA) is 54.9 Å². The second-order valence-electron chi connectivity index (χ2n) is 8.11. The van der Waals surface area contributed by atoms with Crippen molar-refractivity contribution in [3.05, 3.63) is 53.9 Å². The van der Waals surface area contributed by atoms with E-state index in [1.54, 1.807) is 0 Å². The fraction of sp³-hybridized carbons (Fsp3) is 0.500. The fourth-order valence-electron chi connectivity index (χ4n) is 4.69. The van der Waals surface area contributed by atoms with Gasteiger partial charge in [-0.15, -0.1) is 0 Å². The van der Waals surface area contributed by atoms with Crippen LogP contribution in [0.4, 0.5) is 5.69 Å². The SMILES string of the molecule is N#Cc1cccc(NC2CCC3(CC2)CCN(Cc2cc[nH]c2)CC3)c1. The first-order valence-corrected chi connectivity index (χ1v) is 9.85. The molecule has 0 amide bonds. The van der Waals surface area contributed by atoms with Gasteiger partial charge in [-0.2, -0.15) is 5.26 Å². The lowest BCUT2D eigenvalue weighted by Crippen LogP contribution is -2.43. The zero-order valence-corrected chi connectivity index (χ0v) is 15.4. The number of aromatic amines is 1. The van der Waals surface area contributed by atoms with Gasteiger partial charge in [0.15, 0.2) is 0 Å². The minimum absolute atomic E-state index is 0.549. The average Bonchev–Trinajstić information content (AvgIpc) is 3.19. The number of hydrogen-bond acceptors (Lipinski definition) is 3. The fourth-order valence-corrected chi connectivity index (χ4v) is 4.69. The molecular formula is C22H28N4. The molecule has 2 aromatic rings. The Kier molecular flexibility index (Phi) is 4.99. The predicted molar refractivity (Wildman–Crippen MR) is 105 cm³/mol. The number of aromatic nitrogens is 1. The molecule has 0 bridgehead atoms. The van der Waals surface area contributed by atoms with Gasteiger partial charge >= 0.3 is 0 Å². The van der Waals surface area contributed by atoms with Crippen molar-refractivity contribution in [1.29, 1.82) is 5.26 Å². The van der Waals surface area contributed by atoms with Crippen LogP contribution < -0.4 is 5.32 Å². The normalized spacial score (nSPS) is 20.7. The monoisotopic (exact) mass is 348 g/mol. The number of H-pyrrole nitrogens is 1. The van der Waals surface area contributed by atoms with E-state index in [9.17, 15) is 0 Å². The van der Waals surface area contributed by atoms with Crippen molar-refractivity contribution in [3.63, 3.8) is 0 Å². The number of nitrogens with one attached hydrogen (secondary N) is 2. The summed E-state index contributed by atoms with van der Waals surface area (Å²) in [4.78, 5) is 5.76. The maximum Gasteiger partial charge on any atom is 0.0992 e. The molecule has 1 saturated heterocycles. The number of hydrogen-bond donors (Lipinski definition) is 2. The molecule has 1 saturated carbocycles. The summed E-state index contributed by atoms with van der Waals surface area (Å²) >= 11 is 0. The molecule has 1 aromatic carbocycles. The number of nitrogens with zero attached hydrogens (tertiary/aromatic N) is 2. The second kappa shape index (κ2) is 7.55. The van der Waals surface area contributed by atoms with E-state index in [0.29, 0.717) is 11.5 Å². The molecule has 1 spiro atoms. The van der Waals surface area contributed by atoms with E-state index in [-0.39, 0.29) is 0 Å². The third-order valence-electron chi connectivity index (χ3n) is 6.39. The number of benzene rings is 1. The van der Waals surface area contributed by atoms with Gasteiger partial charge in [-0.05, 0) is 86.9 Å². The van der Waals surface area contributed by atoms with E-state index in [0.717, 1.165) is 17.8 Å². The van der Waals surface area contributed by atoms with E-state index < -0.39 is 0 Å². The third kappa shape index (κ3) is 3.94. The number of anilines is 1. The summed E-state index contributed by atoms with van der Waals surface area (Å²) in [7, 11) is 0. The molecule has 1 aromatic heterocycles. The van der Waals surface area contributed by atoms with E-state index in [1.165, 1.54) is 57.2 Å². The third-order valence-corrected chi connectivity index (χ3v) is 6.39. The molecule has 2 fully saturated rings. The lowest BCUT2D eigenvalue weighted by atomic mass is 9.67. The summed E-state index contributed by atoms with van der Waals surface area (Å²) in [5, 5.41) is 12.7. The van der Waals surface area contributed by atoms with Crippen molar-refractivity contribution in [2.24, 2.45) is 5.41 Å². The molecule has 0 unspecified atom stereocenters. The van der Waals surface area contributed by atoms with Crippen molar-refractivity contribution in [3.8, 4) is 6.07 Å². The predicted octanol–water partition coefficient (Wildman–Crippen LogP) is 4.52. The Morgan fingerprint density at radius 1 is 1.15 bits per heavy atom. The molecule has 2 heterocycles. The number of likely N-dealkylation sites (tertiary alicyclic amines) is 1. The Balaban J connectivity index is 1.26. The van der Waals surface area contributed by atoms with Crippen molar-refractivity contribution in [2.75, 3.05) is 18.4 Å². The van der Waals surface area contributed by atoms with Crippen molar-refractivity contribution in [1.82, 2.24) is 9.88 Å². The van der Waals surface area contributed by atoms with Crippen LogP contribution in [-0.4, -0.2) is 29.0 Å². The summed E-state index contributed by atoms with van der Waals surface area (Å²) in [6, 6.07) is 12.8. The van der Waals surface area contributed by atoms with E-state index in [1.807, 2.05) is 24.4 Å². The minimum atomic E-state index is 0.549. The first kappa shape index (κ1) is 17.2. The largest absolute Gasteiger partial charge is 0.382 e. The van der Waals surface area contributed by atoms with Gasteiger partial charge in [0, 0.05) is 30.7 Å². The van der Waals surface area contributed by atoms with Crippen molar-refractivity contribution in [2.45, 2.75) is 51.1 Å². The van der Waals surface area contributed by atoms with Gasteiger partial charge in [-0.3, -0.25) is 4.90 Å². The van der Waals surface area contributed by atoms with Crippen LogP contribution >= 0.6 is 0 Å². The van der Waals surface area contributed by atoms with Crippen LogP contribution in [0.5, 0.6) is 0 Å². The lowest BCUT2D eigenvalue weighted by Gasteiger charge is -2.46. The standard InChI is InChI=1S/C22H28N4/c23-15-18-2-1-3-21(14-18)25-20-4-7-22(8-5-20)9-12-26(13-10-22)17-19-6-11-24-16-19/h1-3,6,11,14,16,20,24-25H,4-5,7-10,12-13,17H2. The minimum Gasteiger partial charge on any atom is -0.382 e. The highest BCUT2D eigenvalue weighted by Crippen LogP contribution is 2.45. The molecular weight excluding hydrogens is 320 g/mol. The second-order valence-corrected chi connectivity index (χ2v) is 8.11. The van der Waals surface area contributed by atoms with Gasteiger partial charge in [-0.1, -0.05) is 6.07 Å². The number of piperidine rings is 1. The maximum atomic E-state index is 9.05. The Bertz CT molecular complexity index is 741. The average molecular weight is 348 g/mol. The summed E-state index contributed by atoms with van der Waals surface area (Å²) in [5.74, 6) is 0. The molecule has 4 heteroatoms. The van der Waals surface area contributed by atoms with E-state index in [4.69, 9.17) is 5.26 Å². The Morgan fingerprint density at radius 2 is 1.96 bits per heavy atom. The van der Waals surface area contributed by atoms with Gasteiger partial charge < -0.3 is 10.3 Å². The quantitative estimate of drug-likeness (QED) is 0.854. The summed E-state index contributed by atoms with van der Waals surface area (Å²) < 4.78 is 0. The Labute approximate surface area is 156 Å². The molecule has 1 aliphatic heterocycles. The summed E-state index contributed by atoms with van der Waals surface area (Å²) in [5.41, 5.74) is 3.79. The summed E-state index contributed by atoms with van der Waals surface area (Å²) in [6.07, 6.45) is 12.0. The van der Waals surface area contributed by atoms with Crippen LogP contribution in [0.15, 0.2) is 42.7 Å². The molecule has 136 valence electrons. The van der Waals surface area contributed by atoms with Crippen LogP contribution in [0.3, 0.4) is 0 Å². The summed E-state index contributed by atoms with van der Waals surface area (Å²) in [6.45, 7) is 3.54. The molecule has 2 N–H and O–H groups in total. The van der Waals surface area contributed by atoms with Gasteiger partial charge in [0.05, 0.1) is 11.6 Å². The molecule has 4 nitrogen and oxygen atoms in total. The molecule has 0 atom stereocenters. The van der Waals surface area contributed by atoms with Gasteiger partial charge in [0.1, 0.15) is 0 Å². The molecule has 1 aliphatic carbocycles. The van der Waals surface area contributed by atoms with Gasteiger partial charge in [0.2, 0.25) is 0 Å². The molecule has 26 heavy (non-hydrogen) atoms. The Morgan fingerprint density at radius 3 is 2.65 bits per heavy atom. The first-order valence-electron chi connectivity index (χ1n) is 9.85. The van der Waals surface area contributed by atoms with Crippen LogP contribution in [0.2, 0.25) is 0 Å². The van der Waals surface area contributed by atoms with Crippen molar-refractivity contribution < 1.29 is 0 Å². The first-order chi connectivity index (χ1) is 12.7. The molecule has 2 aliphatic rings. The van der Waals surface area contributed by atoms with Crippen LogP contribution in [0.1, 0.15) is 49.7 Å². The van der Waals surface area contributed by atoms with Crippen LogP contribution in [-0.2, 0) is 6.54 Å².